The molecule has 0 radical (unpaired) electrons. The van der Waals surface area contributed by atoms with E-state index in [1.807, 2.05) is 7.05 Å². The van der Waals surface area contributed by atoms with Gasteiger partial charge in [-0.1, -0.05) is 0 Å². The summed E-state index contributed by atoms with van der Waals surface area (Å²) in [5.74, 6) is 0.368. The molecule has 1 aliphatic heterocycles. The molecule has 18 heavy (non-hydrogen) atoms. The van der Waals surface area contributed by atoms with Crippen molar-refractivity contribution in [3.05, 3.63) is 23.7 Å². The average molecular weight is 252 g/mol. The number of likely N-dealkylation sites (tertiary alicyclic amines) is 1. The van der Waals surface area contributed by atoms with Crippen molar-refractivity contribution in [3.8, 4) is 0 Å². The van der Waals surface area contributed by atoms with Crippen molar-refractivity contribution >= 4 is 5.97 Å². The number of esters is 1. The molecule has 1 N–H and O–H groups in total. The lowest BCUT2D eigenvalue weighted by Gasteiger charge is -2.23. The van der Waals surface area contributed by atoms with E-state index in [9.17, 15) is 4.79 Å². The van der Waals surface area contributed by atoms with Gasteiger partial charge in [0.2, 0.25) is 0 Å². The molecule has 5 nitrogen and oxygen atoms in total. The number of carbonyl (C=O) groups excluding carboxylic acids is 1. The van der Waals surface area contributed by atoms with Crippen LogP contribution in [-0.4, -0.2) is 44.2 Å². The Morgan fingerprint density at radius 1 is 1.67 bits per heavy atom. The Kier molecular flexibility index (Phi) is 4.38. The van der Waals surface area contributed by atoms with Gasteiger partial charge in [0.25, 0.3) is 0 Å². The highest BCUT2D eigenvalue weighted by molar-refractivity contribution is 5.90. The fourth-order valence-corrected chi connectivity index (χ4v) is 2.51. The maximum atomic E-state index is 11.6. The smallest absolute Gasteiger partial charge is 0.341 e. The van der Waals surface area contributed by atoms with Gasteiger partial charge in [0.15, 0.2) is 0 Å². The Bertz CT molecular complexity index is 403. The number of hydrogen-bond donors (Lipinski definition) is 1. The summed E-state index contributed by atoms with van der Waals surface area (Å²) in [6, 6.07) is 2.19. The largest absolute Gasteiger partial charge is 0.467 e. The zero-order chi connectivity index (χ0) is 13.0. The molecule has 1 aromatic heterocycles. The molecule has 5 heteroatoms. The second kappa shape index (κ2) is 6.02. The summed E-state index contributed by atoms with van der Waals surface area (Å²) < 4.78 is 10.2. The van der Waals surface area contributed by atoms with E-state index < -0.39 is 0 Å². The number of rotatable bonds is 5. The molecular weight excluding hydrogens is 232 g/mol. The van der Waals surface area contributed by atoms with Crippen LogP contribution in [0.4, 0.5) is 0 Å². The second-order valence-corrected chi connectivity index (χ2v) is 4.57. The first-order valence-electron chi connectivity index (χ1n) is 6.29. The first-order valence-corrected chi connectivity index (χ1v) is 6.29. The molecule has 0 bridgehead atoms. The molecule has 1 aromatic rings. The third-order valence-electron chi connectivity index (χ3n) is 3.44. The van der Waals surface area contributed by atoms with Crippen molar-refractivity contribution in [1.29, 1.82) is 0 Å². The Balaban J connectivity index is 2.05. The third-order valence-corrected chi connectivity index (χ3v) is 3.44. The minimum Gasteiger partial charge on any atom is -0.467 e. The third kappa shape index (κ3) is 2.73. The van der Waals surface area contributed by atoms with Gasteiger partial charge in [-0.05, 0) is 32.5 Å². The number of methoxy groups -OCH3 is 1. The van der Waals surface area contributed by atoms with Crippen molar-refractivity contribution in [3.63, 3.8) is 0 Å². The first-order chi connectivity index (χ1) is 8.76. The standard InChI is InChI=1S/C13H20N2O3/c1-14-8-10-4-3-6-15(10)9-12-11(5-7-18-12)13(16)17-2/h5,7,10,14H,3-4,6,8-9H2,1-2H3. The summed E-state index contributed by atoms with van der Waals surface area (Å²) in [5.41, 5.74) is 0.535. The minimum absolute atomic E-state index is 0.330. The summed E-state index contributed by atoms with van der Waals surface area (Å²) in [4.78, 5) is 13.9. The number of furan rings is 1. The molecule has 0 amide bonds. The lowest BCUT2D eigenvalue weighted by Crippen LogP contribution is -2.36. The molecule has 2 rings (SSSR count). The fourth-order valence-electron chi connectivity index (χ4n) is 2.51. The maximum absolute atomic E-state index is 11.6. The van der Waals surface area contributed by atoms with E-state index in [-0.39, 0.29) is 5.97 Å². The van der Waals surface area contributed by atoms with Crippen LogP contribution in [0.3, 0.4) is 0 Å². The van der Waals surface area contributed by atoms with E-state index in [0.717, 1.165) is 13.1 Å². The molecule has 1 atom stereocenters. The molecule has 0 aromatic carbocycles. The van der Waals surface area contributed by atoms with Crippen LogP contribution in [-0.2, 0) is 11.3 Å². The van der Waals surface area contributed by atoms with Gasteiger partial charge >= 0.3 is 5.97 Å². The summed E-state index contributed by atoms with van der Waals surface area (Å²) in [7, 11) is 3.35. The van der Waals surface area contributed by atoms with Crippen LogP contribution in [0.1, 0.15) is 29.0 Å². The van der Waals surface area contributed by atoms with Crippen LogP contribution in [0.5, 0.6) is 0 Å². The van der Waals surface area contributed by atoms with Crippen LogP contribution in [0.25, 0.3) is 0 Å². The molecular formula is C13H20N2O3. The van der Waals surface area contributed by atoms with Crippen molar-refractivity contribution in [2.45, 2.75) is 25.4 Å². The molecule has 1 fully saturated rings. The van der Waals surface area contributed by atoms with Crippen LogP contribution >= 0.6 is 0 Å². The quantitative estimate of drug-likeness (QED) is 0.799. The van der Waals surface area contributed by atoms with E-state index in [1.165, 1.54) is 20.0 Å². The van der Waals surface area contributed by atoms with Gasteiger partial charge in [-0.15, -0.1) is 0 Å². The highest BCUT2D eigenvalue weighted by Crippen LogP contribution is 2.22. The number of hydrogen-bond acceptors (Lipinski definition) is 5. The lowest BCUT2D eigenvalue weighted by molar-refractivity contribution is 0.0596. The summed E-state index contributed by atoms with van der Waals surface area (Å²) >= 11 is 0. The van der Waals surface area contributed by atoms with Crippen LogP contribution in [0.2, 0.25) is 0 Å². The zero-order valence-electron chi connectivity index (χ0n) is 10.9. The van der Waals surface area contributed by atoms with E-state index in [2.05, 4.69) is 10.2 Å². The van der Waals surface area contributed by atoms with Crippen LogP contribution < -0.4 is 5.32 Å². The monoisotopic (exact) mass is 252 g/mol. The molecule has 1 saturated heterocycles. The average Bonchev–Trinajstić information content (AvgIpc) is 3.00. The van der Waals surface area contributed by atoms with E-state index in [1.54, 1.807) is 12.3 Å². The van der Waals surface area contributed by atoms with Crippen molar-refractivity contribution < 1.29 is 13.9 Å². The Morgan fingerprint density at radius 3 is 3.22 bits per heavy atom. The SMILES string of the molecule is CNCC1CCCN1Cc1occc1C(=O)OC. The van der Waals surface area contributed by atoms with E-state index in [0.29, 0.717) is 23.9 Å². The van der Waals surface area contributed by atoms with Crippen LogP contribution in [0, 0.1) is 0 Å². The molecule has 1 aliphatic rings. The van der Waals surface area contributed by atoms with Crippen molar-refractivity contribution in [1.82, 2.24) is 10.2 Å². The Labute approximate surface area is 107 Å². The molecule has 0 saturated carbocycles. The highest BCUT2D eigenvalue weighted by Gasteiger charge is 2.26. The normalized spacial score (nSPS) is 20.2. The highest BCUT2D eigenvalue weighted by atomic mass is 16.5. The van der Waals surface area contributed by atoms with Gasteiger partial charge < -0.3 is 14.5 Å². The summed E-state index contributed by atoms with van der Waals surface area (Å²) in [6.07, 6.45) is 3.93. The zero-order valence-corrected chi connectivity index (χ0v) is 10.9. The van der Waals surface area contributed by atoms with E-state index >= 15 is 0 Å². The van der Waals surface area contributed by atoms with Gasteiger partial charge in [-0.25, -0.2) is 4.79 Å². The lowest BCUT2D eigenvalue weighted by atomic mass is 10.2. The maximum Gasteiger partial charge on any atom is 0.341 e. The number of nitrogens with zero attached hydrogens (tertiary/aromatic N) is 1. The number of nitrogens with one attached hydrogen (secondary N) is 1. The molecule has 1 unspecified atom stereocenters. The van der Waals surface area contributed by atoms with Crippen molar-refractivity contribution in [2.24, 2.45) is 0 Å². The Hall–Kier alpha value is -1.33. The summed E-state index contributed by atoms with van der Waals surface area (Å²) in [5, 5.41) is 3.20. The van der Waals surface area contributed by atoms with Crippen molar-refractivity contribution in [2.75, 3.05) is 27.2 Å². The van der Waals surface area contributed by atoms with Gasteiger partial charge in [-0.2, -0.15) is 0 Å². The predicted octanol–water partition coefficient (Wildman–Crippen LogP) is 1.25. The number of likely N-dealkylation sites (N-methyl/N-ethyl adjacent to an activating group) is 1. The van der Waals surface area contributed by atoms with Crippen LogP contribution in [0.15, 0.2) is 16.7 Å². The molecule has 2 heterocycles. The molecule has 0 spiro atoms. The summed E-state index contributed by atoms with van der Waals surface area (Å²) in [6.45, 7) is 2.69. The first kappa shape index (κ1) is 13.1. The van der Waals surface area contributed by atoms with Gasteiger partial charge in [-0.3, -0.25) is 4.90 Å². The van der Waals surface area contributed by atoms with Gasteiger partial charge in [0.05, 0.1) is 19.9 Å². The second-order valence-electron chi connectivity index (χ2n) is 4.57. The van der Waals surface area contributed by atoms with Gasteiger partial charge in [0.1, 0.15) is 11.3 Å². The molecule has 100 valence electrons. The Morgan fingerprint density at radius 2 is 2.50 bits per heavy atom. The topological polar surface area (TPSA) is 54.7 Å². The van der Waals surface area contributed by atoms with Gasteiger partial charge in [0, 0.05) is 12.6 Å². The number of ether oxygens (including phenoxy) is 1. The fraction of sp³-hybridized carbons (Fsp3) is 0.615. The minimum atomic E-state index is -0.330. The predicted molar refractivity (Wildman–Crippen MR) is 67.4 cm³/mol. The molecule has 0 aliphatic carbocycles. The number of carbonyl (C=O) groups is 1. The van der Waals surface area contributed by atoms with E-state index in [4.69, 9.17) is 9.15 Å².